The third-order valence-corrected chi connectivity index (χ3v) is 6.95. The summed E-state index contributed by atoms with van der Waals surface area (Å²) in [6, 6.07) is 9.48. The molecule has 5 rings (SSSR count). The molecule has 5 heterocycles. The normalized spacial score (nSPS) is 22.6. The summed E-state index contributed by atoms with van der Waals surface area (Å²) in [5.74, 6) is -0.194. The fraction of sp³-hybridized carbons (Fsp3) is 0.400. The molecule has 2 saturated heterocycles. The standard InChI is InChI=1S/C25H28N6O2/c1-18(2)31-15-22(28-17-31)20-14-30(23(32)21-5-3-4-9-27-21)16-25(20)8-12-29(24(25)33)13-19-6-10-26-11-7-19/h3-7,9-11,15,17-18,20H,8,12-14,16H2,1-2H3/t20-,25-/m1/s1. The number of hydrogen-bond donors (Lipinski definition) is 0. The molecule has 1 spiro atoms. The van der Waals surface area contributed by atoms with E-state index >= 15 is 0 Å². The van der Waals surface area contributed by atoms with Gasteiger partial charge in [0.2, 0.25) is 5.91 Å². The Hall–Kier alpha value is -3.55. The molecule has 170 valence electrons. The first kappa shape index (κ1) is 21.3. The lowest BCUT2D eigenvalue weighted by atomic mass is 9.75. The van der Waals surface area contributed by atoms with Crippen LogP contribution in [0.3, 0.4) is 0 Å². The van der Waals surface area contributed by atoms with E-state index in [1.165, 1.54) is 0 Å². The number of hydrogen-bond acceptors (Lipinski definition) is 5. The summed E-state index contributed by atoms with van der Waals surface area (Å²) in [5, 5.41) is 0. The number of aromatic nitrogens is 4. The highest BCUT2D eigenvalue weighted by atomic mass is 16.2. The Kier molecular flexibility index (Phi) is 5.44. The summed E-state index contributed by atoms with van der Waals surface area (Å²) in [4.78, 5) is 43.8. The van der Waals surface area contributed by atoms with Crippen molar-refractivity contribution in [2.75, 3.05) is 19.6 Å². The van der Waals surface area contributed by atoms with Gasteiger partial charge >= 0.3 is 0 Å². The Morgan fingerprint density at radius 1 is 1.15 bits per heavy atom. The number of likely N-dealkylation sites (tertiary alicyclic amines) is 2. The van der Waals surface area contributed by atoms with E-state index in [-0.39, 0.29) is 23.8 Å². The maximum Gasteiger partial charge on any atom is 0.272 e. The minimum atomic E-state index is -0.673. The van der Waals surface area contributed by atoms with Crippen LogP contribution < -0.4 is 0 Å². The second-order valence-electron chi connectivity index (χ2n) is 9.28. The Balaban J connectivity index is 1.47. The van der Waals surface area contributed by atoms with Crippen LogP contribution >= 0.6 is 0 Å². The first-order valence-electron chi connectivity index (χ1n) is 11.4. The lowest BCUT2D eigenvalue weighted by Gasteiger charge is -2.27. The quantitative estimate of drug-likeness (QED) is 0.604. The molecule has 3 aromatic rings. The van der Waals surface area contributed by atoms with Gasteiger partial charge in [0.1, 0.15) is 5.69 Å². The van der Waals surface area contributed by atoms with Gasteiger partial charge in [-0.05, 0) is 50.1 Å². The fourth-order valence-electron chi connectivity index (χ4n) is 5.10. The van der Waals surface area contributed by atoms with E-state index in [0.29, 0.717) is 38.3 Å². The van der Waals surface area contributed by atoms with Crippen molar-refractivity contribution >= 4 is 11.8 Å². The average molecular weight is 445 g/mol. The predicted octanol–water partition coefficient (Wildman–Crippen LogP) is 2.91. The molecule has 0 saturated carbocycles. The Morgan fingerprint density at radius 3 is 2.67 bits per heavy atom. The molecule has 0 aliphatic carbocycles. The van der Waals surface area contributed by atoms with Gasteiger partial charge in [-0.2, -0.15) is 0 Å². The number of rotatable bonds is 5. The van der Waals surface area contributed by atoms with Gasteiger partial charge in [-0.3, -0.25) is 19.6 Å². The van der Waals surface area contributed by atoms with Crippen LogP contribution in [0.15, 0.2) is 61.4 Å². The Bertz CT molecular complexity index is 1150. The van der Waals surface area contributed by atoms with Crippen molar-refractivity contribution in [3.05, 3.63) is 78.4 Å². The molecule has 0 radical (unpaired) electrons. The van der Waals surface area contributed by atoms with Crippen LogP contribution in [-0.4, -0.2) is 60.8 Å². The summed E-state index contributed by atoms with van der Waals surface area (Å²) in [6.45, 7) is 6.25. The van der Waals surface area contributed by atoms with E-state index in [1.54, 1.807) is 35.6 Å². The fourth-order valence-corrected chi connectivity index (χ4v) is 5.10. The smallest absolute Gasteiger partial charge is 0.272 e. The molecular weight excluding hydrogens is 416 g/mol. The molecule has 33 heavy (non-hydrogen) atoms. The van der Waals surface area contributed by atoms with Gasteiger partial charge in [0.05, 0.1) is 17.4 Å². The minimum absolute atomic E-state index is 0.0970. The number of amides is 2. The lowest BCUT2D eigenvalue weighted by Crippen LogP contribution is -2.40. The first-order valence-corrected chi connectivity index (χ1v) is 11.4. The molecule has 3 aromatic heterocycles. The zero-order valence-corrected chi connectivity index (χ0v) is 19.0. The lowest BCUT2D eigenvalue weighted by molar-refractivity contribution is -0.136. The molecule has 0 bridgehead atoms. The summed E-state index contributed by atoms with van der Waals surface area (Å²) >= 11 is 0. The predicted molar refractivity (Wildman–Crippen MR) is 122 cm³/mol. The molecule has 2 atom stereocenters. The van der Waals surface area contributed by atoms with Crippen molar-refractivity contribution in [1.82, 2.24) is 29.3 Å². The maximum absolute atomic E-state index is 13.9. The summed E-state index contributed by atoms with van der Waals surface area (Å²) in [7, 11) is 0. The largest absolute Gasteiger partial charge is 0.338 e. The van der Waals surface area contributed by atoms with E-state index in [9.17, 15) is 9.59 Å². The Morgan fingerprint density at radius 2 is 1.97 bits per heavy atom. The van der Waals surface area contributed by atoms with Crippen LogP contribution in [0, 0.1) is 5.41 Å². The first-order chi connectivity index (χ1) is 16.0. The Labute approximate surface area is 193 Å². The number of carbonyl (C=O) groups is 2. The highest BCUT2D eigenvalue weighted by molar-refractivity contribution is 5.94. The van der Waals surface area contributed by atoms with E-state index in [0.717, 1.165) is 11.3 Å². The summed E-state index contributed by atoms with van der Waals surface area (Å²) in [5.41, 5.74) is 1.66. The van der Waals surface area contributed by atoms with Crippen LogP contribution in [-0.2, 0) is 11.3 Å². The summed E-state index contributed by atoms with van der Waals surface area (Å²) < 4.78 is 2.06. The van der Waals surface area contributed by atoms with Gasteiger partial charge in [-0.25, -0.2) is 4.98 Å². The third-order valence-electron chi connectivity index (χ3n) is 6.95. The van der Waals surface area contributed by atoms with E-state index < -0.39 is 5.41 Å². The summed E-state index contributed by atoms with van der Waals surface area (Å²) in [6.07, 6.45) is 9.67. The van der Waals surface area contributed by atoms with Gasteiger partial charge in [-0.15, -0.1) is 0 Å². The molecule has 8 nitrogen and oxygen atoms in total. The van der Waals surface area contributed by atoms with Crippen LogP contribution in [0.5, 0.6) is 0 Å². The van der Waals surface area contributed by atoms with Gasteiger partial charge in [-0.1, -0.05) is 6.07 Å². The van der Waals surface area contributed by atoms with Crippen LogP contribution in [0.4, 0.5) is 0 Å². The van der Waals surface area contributed by atoms with Crippen molar-refractivity contribution in [3.63, 3.8) is 0 Å². The number of carbonyl (C=O) groups excluding carboxylic acids is 2. The van der Waals surface area contributed by atoms with Gasteiger partial charge < -0.3 is 14.4 Å². The van der Waals surface area contributed by atoms with Gasteiger partial charge in [0.15, 0.2) is 0 Å². The average Bonchev–Trinajstić information content (AvgIpc) is 3.55. The highest BCUT2D eigenvalue weighted by Crippen LogP contribution is 2.50. The van der Waals surface area contributed by atoms with Crippen LogP contribution in [0.25, 0.3) is 0 Å². The van der Waals surface area contributed by atoms with E-state index in [2.05, 4.69) is 33.4 Å². The maximum atomic E-state index is 13.9. The van der Waals surface area contributed by atoms with E-state index in [1.807, 2.05) is 35.6 Å². The molecular formula is C25H28N6O2. The number of imidazole rings is 1. The van der Waals surface area contributed by atoms with Crippen molar-refractivity contribution in [1.29, 1.82) is 0 Å². The third kappa shape index (κ3) is 3.79. The minimum Gasteiger partial charge on any atom is -0.338 e. The molecule has 2 aliphatic rings. The van der Waals surface area contributed by atoms with Gasteiger partial charge in [0.25, 0.3) is 5.91 Å². The molecule has 0 N–H and O–H groups in total. The van der Waals surface area contributed by atoms with Crippen molar-refractivity contribution < 1.29 is 9.59 Å². The SMILES string of the molecule is CC(C)n1cnc([C@H]2CN(C(=O)c3ccccn3)C[C@]23CCN(Cc2ccncc2)C3=O)c1. The zero-order chi connectivity index (χ0) is 23.0. The molecule has 2 aliphatic heterocycles. The molecule has 2 amide bonds. The molecule has 0 aromatic carbocycles. The molecule has 0 unspecified atom stereocenters. The second-order valence-corrected chi connectivity index (χ2v) is 9.28. The van der Waals surface area contributed by atoms with Crippen molar-refractivity contribution in [2.24, 2.45) is 5.41 Å². The number of pyridine rings is 2. The molecule has 2 fully saturated rings. The topological polar surface area (TPSA) is 84.2 Å². The second kappa shape index (κ2) is 8.42. The van der Waals surface area contributed by atoms with Crippen molar-refractivity contribution in [2.45, 2.75) is 38.8 Å². The molecule has 8 heteroatoms. The monoisotopic (exact) mass is 444 g/mol. The highest BCUT2D eigenvalue weighted by Gasteiger charge is 2.58. The van der Waals surface area contributed by atoms with Crippen LogP contribution in [0.2, 0.25) is 0 Å². The number of nitrogens with zero attached hydrogens (tertiary/aromatic N) is 6. The van der Waals surface area contributed by atoms with Gasteiger partial charge in [0, 0.05) is 62.9 Å². The van der Waals surface area contributed by atoms with E-state index in [4.69, 9.17) is 0 Å². The van der Waals surface area contributed by atoms with Crippen LogP contribution in [0.1, 0.15) is 54.0 Å². The van der Waals surface area contributed by atoms with Crippen molar-refractivity contribution in [3.8, 4) is 0 Å². The zero-order valence-electron chi connectivity index (χ0n) is 19.0.